The van der Waals surface area contributed by atoms with E-state index >= 15 is 0 Å². The number of piperidine rings is 1. The highest BCUT2D eigenvalue weighted by Gasteiger charge is 2.40. The molecule has 6 heteroatoms. The van der Waals surface area contributed by atoms with Crippen LogP contribution in [-0.4, -0.2) is 43.1 Å². The van der Waals surface area contributed by atoms with Crippen molar-refractivity contribution in [2.45, 2.75) is 44.1 Å². The van der Waals surface area contributed by atoms with Gasteiger partial charge in [-0.05, 0) is 26.3 Å². The molecule has 1 N–H and O–H groups in total. The van der Waals surface area contributed by atoms with Crippen LogP contribution in [-0.2, 0) is 15.1 Å². The van der Waals surface area contributed by atoms with Crippen molar-refractivity contribution in [2.24, 2.45) is 0 Å². The van der Waals surface area contributed by atoms with Crippen LogP contribution < -0.4 is 5.32 Å². The van der Waals surface area contributed by atoms with Crippen LogP contribution in [0.5, 0.6) is 0 Å². The van der Waals surface area contributed by atoms with Crippen molar-refractivity contribution in [1.82, 2.24) is 15.5 Å². The quantitative estimate of drug-likeness (QED) is 0.903. The minimum absolute atomic E-state index is 0.337. The zero-order chi connectivity index (χ0) is 13.8. The normalized spacial score (nSPS) is 26.6. The Kier molecular flexibility index (Phi) is 4.33. The van der Waals surface area contributed by atoms with Gasteiger partial charge in [-0.25, -0.2) is 0 Å². The molecule has 20 heavy (non-hydrogen) atoms. The Balaban J connectivity index is 1.79. The van der Waals surface area contributed by atoms with Gasteiger partial charge in [0.15, 0.2) is 0 Å². The predicted octanol–water partition coefficient (Wildman–Crippen LogP) is 1.58. The SMILES string of the molecule is CCOC1(c2noc(C3CCCNC3)n2)CCOCC1. The van der Waals surface area contributed by atoms with Gasteiger partial charge in [-0.2, -0.15) is 4.98 Å². The van der Waals surface area contributed by atoms with Crippen molar-refractivity contribution < 1.29 is 14.0 Å². The lowest BCUT2D eigenvalue weighted by atomic mass is 9.93. The smallest absolute Gasteiger partial charge is 0.231 e. The highest BCUT2D eigenvalue weighted by molar-refractivity contribution is 5.06. The summed E-state index contributed by atoms with van der Waals surface area (Å²) in [7, 11) is 0. The van der Waals surface area contributed by atoms with E-state index in [2.05, 4.69) is 15.5 Å². The van der Waals surface area contributed by atoms with E-state index in [0.717, 1.165) is 44.7 Å². The van der Waals surface area contributed by atoms with Gasteiger partial charge in [-0.1, -0.05) is 5.16 Å². The van der Waals surface area contributed by atoms with Gasteiger partial charge in [0.05, 0.1) is 5.92 Å². The summed E-state index contributed by atoms with van der Waals surface area (Å²) in [6.45, 7) is 6.03. The number of aromatic nitrogens is 2. The Labute approximate surface area is 119 Å². The van der Waals surface area contributed by atoms with Crippen molar-refractivity contribution in [3.05, 3.63) is 11.7 Å². The third-order valence-electron chi connectivity index (χ3n) is 4.22. The number of hydrogen-bond donors (Lipinski definition) is 1. The molecule has 0 radical (unpaired) electrons. The fourth-order valence-electron chi connectivity index (χ4n) is 3.06. The van der Waals surface area contributed by atoms with Gasteiger partial charge in [-0.15, -0.1) is 0 Å². The van der Waals surface area contributed by atoms with Gasteiger partial charge in [0.2, 0.25) is 11.7 Å². The van der Waals surface area contributed by atoms with Crippen LogP contribution in [0.4, 0.5) is 0 Å². The molecule has 2 saturated heterocycles. The summed E-state index contributed by atoms with van der Waals surface area (Å²) < 4.78 is 16.9. The number of hydrogen-bond acceptors (Lipinski definition) is 6. The van der Waals surface area contributed by atoms with Crippen LogP contribution in [0.1, 0.15) is 50.2 Å². The van der Waals surface area contributed by atoms with E-state index in [1.165, 1.54) is 0 Å². The molecule has 2 fully saturated rings. The van der Waals surface area contributed by atoms with Crippen molar-refractivity contribution >= 4 is 0 Å². The molecule has 1 aromatic rings. The molecular formula is C14H23N3O3. The highest BCUT2D eigenvalue weighted by Crippen LogP contribution is 2.35. The van der Waals surface area contributed by atoms with E-state index in [9.17, 15) is 0 Å². The second-order valence-electron chi connectivity index (χ2n) is 5.54. The Morgan fingerprint density at radius 2 is 2.25 bits per heavy atom. The molecule has 3 heterocycles. The maximum absolute atomic E-state index is 5.98. The lowest BCUT2D eigenvalue weighted by Gasteiger charge is -2.33. The molecule has 2 aliphatic rings. The standard InChI is InChI=1S/C14H23N3O3/c1-2-19-14(5-8-18-9-6-14)13-16-12(20-17-13)11-4-3-7-15-10-11/h11,15H,2-10H2,1H3. The second-order valence-corrected chi connectivity index (χ2v) is 5.54. The second kappa shape index (κ2) is 6.20. The average molecular weight is 281 g/mol. The first-order valence-electron chi connectivity index (χ1n) is 7.60. The van der Waals surface area contributed by atoms with E-state index < -0.39 is 5.60 Å². The highest BCUT2D eigenvalue weighted by atomic mass is 16.5. The maximum atomic E-state index is 5.98. The first-order chi connectivity index (χ1) is 9.84. The molecule has 1 aromatic heterocycles. The van der Waals surface area contributed by atoms with Crippen LogP contribution >= 0.6 is 0 Å². The largest absolute Gasteiger partial charge is 0.381 e. The molecule has 0 saturated carbocycles. The third-order valence-corrected chi connectivity index (χ3v) is 4.22. The van der Waals surface area contributed by atoms with Gasteiger partial charge in [-0.3, -0.25) is 0 Å². The van der Waals surface area contributed by atoms with Crippen LogP contribution in [0.2, 0.25) is 0 Å². The number of nitrogens with one attached hydrogen (secondary N) is 1. The lowest BCUT2D eigenvalue weighted by molar-refractivity contribution is -0.118. The molecule has 0 bridgehead atoms. The lowest BCUT2D eigenvalue weighted by Crippen LogP contribution is -2.37. The Morgan fingerprint density at radius 3 is 2.95 bits per heavy atom. The van der Waals surface area contributed by atoms with Crippen LogP contribution in [0.3, 0.4) is 0 Å². The summed E-state index contributed by atoms with van der Waals surface area (Å²) in [5.74, 6) is 1.78. The molecule has 1 unspecified atom stereocenters. The van der Waals surface area contributed by atoms with Crippen molar-refractivity contribution in [3.8, 4) is 0 Å². The molecule has 2 aliphatic heterocycles. The summed E-state index contributed by atoms with van der Waals surface area (Å²) in [4.78, 5) is 4.65. The van der Waals surface area contributed by atoms with Gasteiger partial charge in [0.25, 0.3) is 0 Å². The Bertz CT molecular complexity index is 418. The Morgan fingerprint density at radius 1 is 1.40 bits per heavy atom. The fraction of sp³-hybridized carbons (Fsp3) is 0.857. The molecule has 0 aromatic carbocycles. The zero-order valence-corrected chi connectivity index (χ0v) is 12.1. The van der Waals surface area contributed by atoms with Crippen LogP contribution in [0, 0.1) is 0 Å². The topological polar surface area (TPSA) is 69.4 Å². The minimum Gasteiger partial charge on any atom is -0.381 e. The molecule has 0 aliphatic carbocycles. The predicted molar refractivity (Wildman–Crippen MR) is 72.5 cm³/mol. The molecular weight excluding hydrogens is 258 g/mol. The van der Waals surface area contributed by atoms with Gasteiger partial charge < -0.3 is 19.3 Å². The van der Waals surface area contributed by atoms with E-state index in [0.29, 0.717) is 31.6 Å². The van der Waals surface area contributed by atoms with Crippen LogP contribution in [0.25, 0.3) is 0 Å². The Hall–Kier alpha value is -0.980. The first-order valence-corrected chi connectivity index (χ1v) is 7.60. The van der Waals surface area contributed by atoms with Crippen molar-refractivity contribution in [1.29, 1.82) is 0 Å². The summed E-state index contributed by atoms with van der Waals surface area (Å²) >= 11 is 0. The minimum atomic E-state index is -0.420. The van der Waals surface area contributed by atoms with E-state index in [1.54, 1.807) is 0 Å². The fourth-order valence-corrected chi connectivity index (χ4v) is 3.06. The van der Waals surface area contributed by atoms with Crippen LogP contribution in [0.15, 0.2) is 4.52 Å². The molecule has 3 rings (SSSR count). The summed E-state index contributed by atoms with van der Waals surface area (Å²) in [6, 6.07) is 0. The maximum Gasteiger partial charge on any atom is 0.231 e. The number of ether oxygens (including phenoxy) is 2. The monoisotopic (exact) mass is 281 g/mol. The zero-order valence-electron chi connectivity index (χ0n) is 12.1. The number of nitrogens with zero attached hydrogens (tertiary/aromatic N) is 2. The van der Waals surface area contributed by atoms with Crippen molar-refractivity contribution in [2.75, 3.05) is 32.9 Å². The first kappa shape index (κ1) is 14.0. The molecule has 1 atom stereocenters. The average Bonchev–Trinajstić information content (AvgIpc) is 3.00. The van der Waals surface area contributed by atoms with Gasteiger partial charge >= 0.3 is 0 Å². The number of rotatable bonds is 4. The van der Waals surface area contributed by atoms with Gasteiger partial charge in [0.1, 0.15) is 5.60 Å². The van der Waals surface area contributed by atoms with Gasteiger partial charge in [0, 0.05) is 39.2 Å². The molecule has 0 amide bonds. The van der Waals surface area contributed by atoms with E-state index in [-0.39, 0.29) is 0 Å². The summed E-state index contributed by atoms with van der Waals surface area (Å²) in [5.41, 5.74) is -0.420. The molecule has 0 spiro atoms. The summed E-state index contributed by atoms with van der Waals surface area (Å²) in [5, 5.41) is 7.59. The van der Waals surface area contributed by atoms with E-state index in [4.69, 9.17) is 14.0 Å². The van der Waals surface area contributed by atoms with E-state index in [1.807, 2.05) is 6.92 Å². The third kappa shape index (κ3) is 2.73. The summed E-state index contributed by atoms with van der Waals surface area (Å²) in [6.07, 6.45) is 3.86. The molecule has 112 valence electrons. The molecule has 6 nitrogen and oxygen atoms in total. The van der Waals surface area contributed by atoms with Crippen molar-refractivity contribution in [3.63, 3.8) is 0 Å².